The highest BCUT2D eigenvalue weighted by Gasteiger charge is 2.37. The van der Waals surface area contributed by atoms with Gasteiger partial charge in [0.2, 0.25) is 10.0 Å². The molecule has 8 nitrogen and oxygen atoms in total. The van der Waals surface area contributed by atoms with Crippen molar-refractivity contribution in [2.24, 2.45) is 5.92 Å². The van der Waals surface area contributed by atoms with Crippen molar-refractivity contribution in [3.05, 3.63) is 24.0 Å². The van der Waals surface area contributed by atoms with E-state index in [1.54, 1.807) is 6.07 Å². The lowest BCUT2D eigenvalue weighted by atomic mass is 10.1. The highest BCUT2D eigenvalue weighted by atomic mass is 32.2. The summed E-state index contributed by atoms with van der Waals surface area (Å²) in [5.74, 6) is -2.04. The van der Waals surface area contributed by atoms with E-state index in [1.165, 1.54) is 12.1 Å². The van der Waals surface area contributed by atoms with Crippen LogP contribution in [0.1, 0.15) is 5.69 Å². The van der Waals surface area contributed by atoms with E-state index in [0.29, 0.717) is 0 Å². The Kier molecular flexibility index (Phi) is 3.99. The Morgan fingerprint density at radius 1 is 1.50 bits per heavy atom. The second kappa shape index (κ2) is 5.54. The molecule has 1 saturated heterocycles. The van der Waals surface area contributed by atoms with Crippen LogP contribution in [0, 0.1) is 17.2 Å². The smallest absolute Gasteiger partial charge is 0.310 e. The monoisotopic (exact) mass is 297 g/mol. The molecule has 9 heteroatoms. The van der Waals surface area contributed by atoms with E-state index in [4.69, 9.17) is 15.1 Å². The average Bonchev–Trinajstić information content (AvgIpc) is 2.86. The topological polar surface area (TPSA) is 129 Å². The Balaban J connectivity index is 2.18. The van der Waals surface area contributed by atoms with Gasteiger partial charge in [0.15, 0.2) is 0 Å². The first-order valence-electron chi connectivity index (χ1n) is 5.63. The van der Waals surface area contributed by atoms with E-state index in [1.807, 2.05) is 0 Å². The van der Waals surface area contributed by atoms with Gasteiger partial charge >= 0.3 is 5.97 Å². The van der Waals surface area contributed by atoms with Crippen molar-refractivity contribution in [1.82, 2.24) is 9.71 Å². The van der Waals surface area contributed by atoms with Crippen LogP contribution in [0.2, 0.25) is 0 Å². The molecule has 0 saturated carbocycles. The first kappa shape index (κ1) is 14.4. The maximum atomic E-state index is 12.1. The fraction of sp³-hybridized carbons (Fsp3) is 0.364. The van der Waals surface area contributed by atoms with Gasteiger partial charge in [0.05, 0.1) is 25.2 Å². The van der Waals surface area contributed by atoms with Crippen molar-refractivity contribution in [2.75, 3.05) is 13.2 Å². The molecule has 2 atom stereocenters. The summed E-state index contributed by atoms with van der Waals surface area (Å²) in [6.45, 7) is -0.0337. The zero-order chi connectivity index (χ0) is 14.8. The first-order chi connectivity index (χ1) is 9.44. The van der Waals surface area contributed by atoms with Gasteiger partial charge in [0.1, 0.15) is 16.7 Å². The van der Waals surface area contributed by atoms with Gasteiger partial charge in [-0.1, -0.05) is 0 Å². The van der Waals surface area contributed by atoms with Crippen LogP contribution in [0.25, 0.3) is 0 Å². The normalized spacial score (nSPS) is 22.4. The van der Waals surface area contributed by atoms with E-state index < -0.39 is 28.0 Å². The minimum absolute atomic E-state index is 0.0000949. The molecule has 1 aromatic rings. The molecule has 2 heterocycles. The van der Waals surface area contributed by atoms with Crippen LogP contribution in [-0.4, -0.2) is 43.7 Å². The second-order valence-electron chi connectivity index (χ2n) is 4.20. The molecule has 2 rings (SSSR count). The van der Waals surface area contributed by atoms with Gasteiger partial charge in [0, 0.05) is 6.20 Å². The second-order valence-corrected chi connectivity index (χ2v) is 5.91. The number of hydrogen-bond acceptors (Lipinski definition) is 6. The van der Waals surface area contributed by atoms with E-state index in [-0.39, 0.29) is 23.8 Å². The van der Waals surface area contributed by atoms with Crippen LogP contribution in [0.3, 0.4) is 0 Å². The summed E-state index contributed by atoms with van der Waals surface area (Å²) in [4.78, 5) is 14.5. The average molecular weight is 297 g/mol. The molecule has 0 aliphatic carbocycles. The SMILES string of the molecule is N#Cc1ccc(S(=O)(=O)NC2COCC2C(=O)O)cn1. The molecule has 1 aromatic heterocycles. The summed E-state index contributed by atoms with van der Waals surface area (Å²) in [6.07, 6.45) is 1.05. The number of nitriles is 1. The Bertz CT molecular complexity index is 650. The predicted molar refractivity (Wildman–Crippen MR) is 65.0 cm³/mol. The van der Waals surface area contributed by atoms with Gasteiger partial charge in [-0.15, -0.1) is 0 Å². The van der Waals surface area contributed by atoms with Crippen molar-refractivity contribution in [1.29, 1.82) is 5.26 Å². The number of sulfonamides is 1. The lowest BCUT2D eigenvalue weighted by Gasteiger charge is -2.15. The largest absolute Gasteiger partial charge is 0.481 e. The molecule has 20 heavy (non-hydrogen) atoms. The van der Waals surface area contributed by atoms with E-state index in [9.17, 15) is 13.2 Å². The third-order valence-corrected chi connectivity index (χ3v) is 4.34. The lowest BCUT2D eigenvalue weighted by molar-refractivity contribution is -0.142. The maximum absolute atomic E-state index is 12.1. The summed E-state index contributed by atoms with van der Waals surface area (Å²) in [7, 11) is -3.90. The highest BCUT2D eigenvalue weighted by molar-refractivity contribution is 7.89. The first-order valence-corrected chi connectivity index (χ1v) is 7.11. The number of carbonyl (C=O) groups is 1. The molecule has 0 spiro atoms. The summed E-state index contributed by atoms with van der Waals surface area (Å²) in [5.41, 5.74) is 0.0940. The van der Waals surface area contributed by atoms with Gasteiger partial charge in [-0.3, -0.25) is 4.79 Å². The van der Waals surface area contributed by atoms with Crippen LogP contribution in [0.5, 0.6) is 0 Å². The number of aromatic nitrogens is 1. The van der Waals surface area contributed by atoms with Gasteiger partial charge in [-0.2, -0.15) is 5.26 Å². The fourth-order valence-corrected chi connectivity index (χ4v) is 2.99. The summed E-state index contributed by atoms with van der Waals surface area (Å²) in [5, 5.41) is 17.6. The van der Waals surface area contributed by atoms with Gasteiger partial charge in [-0.25, -0.2) is 18.1 Å². The highest BCUT2D eigenvalue weighted by Crippen LogP contribution is 2.17. The third kappa shape index (κ3) is 2.93. The minimum atomic E-state index is -3.90. The predicted octanol–water partition coefficient (Wildman–Crippen LogP) is -0.669. The molecule has 0 bridgehead atoms. The van der Waals surface area contributed by atoms with Crippen molar-refractivity contribution >= 4 is 16.0 Å². The number of ether oxygens (including phenoxy) is 1. The Morgan fingerprint density at radius 2 is 2.25 bits per heavy atom. The van der Waals surface area contributed by atoms with Crippen molar-refractivity contribution in [2.45, 2.75) is 10.9 Å². The standard InChI is InChI=1S/C11H11N3O5S/c12-3-7-1-2-8(4-13-7)20(17,18)14-10-6-19-5-9(10)11(15)16/h1-2,4,9-10,14H,5-6H2,(H,15,16). The van der Waals surface area contributed by atoms with Gasteiger partial charge in [0.25, 0.3) is 0 Å². The van der Waals surface area contributed by atoms with Crippen molar-refractivity contribution in [3.8, 4) is 6.07 Å². The Labute approximate surface area is 115 Å². The molecule has 106 valence electrons. The number of rotatable bonds is 4. The number of nitrogens with one attached hydrogen (secondary N) is 1. The molecule has 1 aliphatic heterocycles. The van der Waals surface area contributed by atoms with Gasteiger partial charge in [-0.05, 0) is 12.1 Å². The molecule has 0 aromatic carbocycles. The molecular formula is C11H11N3O5S. The third-order valence-electron chi connectivity index (χ3n) is 2.87. The summed E-state index contributed by atoms with van der Waals surface area (Å²) >= 11 is 0. The van der Waals surface area contributed by atoms with Crippen molar-refractivity contribution < 1.29 is 23.1 Å². The molecule has 0 radical (unpaired) electrons. The van der Waals surface area contributed by atoms with E-state index in [2.05, 4.69) is 9.71 Å². The summed E-state index contributed by atoms with van der Waals surface area (Å²) < 4.78 is 31.4. The maximum Gasteiger partial charge on any atom is 0.310 e. The lowest BCUT2D eigenvalue weighted by Crippen LogP contribution is -2.42. The number of hydrogen-bond donors (Lipinski definition) is 2. The summed E-state index contributed by atoms with van der Waals surface area (Å²) in [6, 6.07) is 3.46. The number of carboxylic acids is 1. The van der Waals surface area contributed by atoms with E-state index in [0.717, 1.165) is 6.20 Å². The zero-order valence-corrected chi connectivity index (χ0v) is 11.0. The van der Waals surface area contributed by atoms with E-state index >= 15 is 0 Å². The van der Waals surface area contributed by atoms with Crippen molar-refractivity contribution in [3.63, 3.8) is 0 Å². The van der Waals surface area contributed by atoms with Crippen LogP contribution in [-0.2, 0) is 19.6 Å². The quantitative estimate of drug-likeness (QED) is 0.753. The number of nitrogens with zero attached hydrogens (tertiary/aromatic N) is 2. The fourth-order valence-electron chi connectivity index (χ4n) is 1.79. The van der Waals surface area contributed by atoms with Crippen LogP contribution >= 0.6 is 0 Å². The van der Waals surface area contributed by atoms with Gasteiger partial charge < -0.3 is 9.84 Å². The van der Waals surface area contributed by atoms with Crippen LogP contribution in [0.15, 0.2) is 23.2 Å². The molecule has 2 N–H and O–H groups in total. The Morgan fingerprint density at radius 3 is 2.80 bits per heavy atom. The number of pyridine rings is 1. The molecule has 1 fully saturated rings. The molecule has 0 amide bonds. The van der Waals surface area contributed by atoms with Crippen LogP contribution in [0.4, 0.5) is 0 Å². The molecular weight excluding hydrogens is 286 g/mol. The molecule has 2 unspecified atom stereocenters. The minimum Gasteiger partial charge on any atom is -0.481 e. The number of carboxylic acid groups (broad SMARTS) is 1. The number of aliphatic carboxylic acids is 1. The zero-order valence-electron chi connectivity index (χ0n) is 10.2. The molecule has 1 aliphatic rings. The Hall–Kier alpha value is -2.02. The van der Waals surface area contributed by atoms with Crippen LogP contribution < -0.4 is 4.72 Å².